The van der Waals surface area contributed by atoms with Crippen LogP contribution in [0, 0.1) is 11.8 Å². The second kappa shape index (κ2) is 15.9. The highest BCUT2D eigenvalue weighted by Crippen LogP contribution is 2.10. The van der Waals surface area contributed by atoms with Crippen LogP contribution in [0.5, 0.6) is 0 Å². The van der Waals surface area contributed by atoms with Crippen molar-refractivity contribution in [2.24, 2.45) is 11.8 Å². The number of rotatable bonds is 15. The van der Waals surface area contributed by atoms with Crippen LogP contribution in [0.3, 0.4) is 0 Å². The summed E-state index contributed by atoms with van der Waals surface area (Å²) < 4.78 is 5.26. The molecule has 0 radical (unpaired) electrons. The summed E-state index contributed by atoms with van der Waals surface area (Å²) in [6.45, 7) is 9.89. The average molecular weight is 476 g/mol. The van der Waals surface area contributed by atoms with E-state index in [-0.39, 0.29) is 18.4 Å². The van der Waals surface area contributed by atoms with Crippen molar-refractivity contribution in [2.45, 2.75) is 91.5 Å². The van der Waals surface area contributed by atoms with E-state index in [1.807, 2.05) is 65.0 Å². The molecule has 0 bridgehead atoms. The zero-order valence-corrected chi connectivity index (χ0v) is 21.1. The summed E-state index contributed by atoms with van der Waals surface area (Å²) in [5.41, 5.74) is 0.837. The van der Waals surface area contributed by atoms with Crippen molar-refractivity contribution in [1.29, 1.82) is 0 Å². The molecular weight excluding hydrogens is 434 g/mol. The third-order valence-electron chi connectivity index (χ3n) is 5.23. The lowest BCUT2D eigenvalue weighted by Crippen LogP contribution is -2.55. The number of carbonyl (C=O) groups excluding carboxylic acids is 4. The van der Waals surface area contributed by atoms with E-state index in [0.29, 0.717) is 19.3 Å². The van der Waals surface area contributed by atoms with Gasteiger partial charge in [-0.3, -0.25) is 9.59 Å². The molecular formula is C26H41N3O5. The van der Waals surface area contributed by atoms with Gasteiger partial charge in [-0.05, 0) is 36.7 Å². The minimum Gasteiger partial charge on any atom is -0.445 e. The molecule has 0 saturated carbocycles. The van der Waals surface area contributed by atoms with Gasteiger partial charge in [0.1, 0.15) is 25.0 Å². The summed E-state index contributed by atoms with van der Waals surface area (Å²) in [6, 6.07) is 7.00. The molecule has 34 heavy (non-hydrogen) atoms. The number of unbranched alkanes of at least 4 members (excludes halogenated alkanes) is 1. The number of hydrogen-bond donors (Lipinski definition) is 3. The molecule has 0 fully saturated rings. The number of hydrogen-bond acceptors (Lipinski definition) is 5. The normalized spacial score (nSPS) is 13.6. The predicted octanol–water partition coefficient (Wildman–Crippen LogP) is 3.73. The third kappa shape index (κ3) is 11.8. The van der Waals surface area contributed by atoms with Gasteiger partial charge in [-0.25, -0.2) is 4.79 Å². The molecule has 0 heterocycles. The second-order valence-electron chi connectivity index (χ2n) is 9.47. The Morgan fingerprint density at radius 1 is 0.882 bits per heavy atom. The van der Waals surface area contributed by atoms with Crippen molar-refractivity contribution in [1.82, 2.24) is 16.0 Å². The van der Waals surface area contributed by atoms with E-state index in [4.69, 9.17) is 4.74 Å². The van der Waals surface area contributed by atoms with Gasteiger partial charge in [-0.2, -0.15) is 0 Å². The molecule has 0 aromatic heterocycles. The number of ether oxygens (including phenoxy) is 1. The predicted molar refractivity (Wildman–Crippen MR) is 132 cm³/mol. The number of nitrogens with one attached hydrogen (secondary N) is 3. The molecule has 0 saturated heterocycles. The van der Waals surface area contributed by atoms with E-state index in [0.717, 1.165) is 24.7 Å². The maximum absolute atomic E-state index is 13.1. The zero-order chi connectivity index (χ0) is 25.5. The Kier molecular flexibility index (Phi) is 13.6. The maximum atomic E-state index is 13.1. The van der Waals surface area contributed by atoms with E-state index in [1.165, 1.54) is 0 Å². The van der Waals surface area contributed by atoms with E-state index in [2.05, 4.69) is 16.0 Å². The van der Waals surface area contributed by atoms with E-state index in [9.17, 15) is 19.2 Å². The van der Waals surface area contributed by atoms with Gasteiger partial charge < -0.3 is 25.5 Å². The number of carbonyl (C=O) groups is 4. The van der Waals surface area contributed by atoms with Crippen LogP contribution < -0.4 is 16.0 Å². The number of aldehydes is 1. The fourth-order valence-corrected chi connectivity index (χ4v) is 3.47. The molecule has 0 spiro atoms. The lowest BCUT2D eigenvalue weighted by molar-refractivity contribution is -0.131. The Labute approximate surface area is 203 Å². The average Bonchev–Trinajstić information content (AvgIpc) is 2.79. The Morgan fingerprint density at radius 3 is 1.97 bits per heavy atom. The fourth-order valence-electron chi connectivity index (χ4n) is 3.47. The summed E-state index contributed by atoms with van der Waals surface area (Å²) >= 11 is 0. The smallest absolute Gasteiger partial charge is 0.408 e. The molecule has 8 heteroatoms. The van der Waals surface area contributed by atoms with Crippen molar-refractivity contribution in [2.75, 3.05) is 0 Å². The van der Waals surface area contributed by atoms with Gasteiger partial charge in [0, 0.05) is 0 Å². The quantitative estimate of drug-likeness (QED) is 0.335. The molecule has 1 aromatic rings. The van der Waals surface area contributed by atoms with Crippen LogP contribution in [0.1, 0.15) is 72.3 Å². The summed E-state index contributed by atoms with van der Waals surface area (Å²) in [7, 11) is 0. The number of amides is 3. The Morgan fingerprint density at radius 2 is 1.44 bits per heavy atom. The van der Waals surface area contributed by atoms with Crippen LogP contribution in [-0.4, -0.2) is 42.3 Å². The maximum Gasteiger partial charge on any atom is 0.408 e. The highest BCUT2D eigenvalue weighted by molar-refractivity contribution is 5.92. The van der Waals surface area contributed by atoms with Crippen LogP contribution >= 0.6 is 0 Å². The Balaban J connectivity index is 2.82. The van der Waals surface area contributed by atoms with E-state index in [1.54, 1.807) is 0 Å². The minimum absolute atomic E-state index is 0.0892. The van der Waals surface area contributed by atoms with E-state index >= 15 is 0 Å². The van der Waals surface area contributed by atoms with Crippen LogP contribution in [-0.2, 0) is 25.7 Å². The standard InChI is InChI=1S/C26H41N3O5/c1-6-7-13-21(16-30)27-24(31)22(14-18(2)3)28-25(32)23(15-19(4)5)29-26(33)34-17-20-11-9-8-10-12-20/h8-12,16,18-19,21-23H,6-7,13-15,17H2,1-5H3,(H,27,31)(H,28,32)(H,29,33). The molecule has 8 nitrogen and oxygen atoms in total. The molecule has 3 atom stereocenters. The first-order valence-corrected chi connectivity index (χ1v) is 12.2. The van der Waals surface area contributed by atoms with Crippen molar-refractivity contribution in [3.63, 3.8) is 0 Å². The molecule has 0 aliphatic heterocycles. The van der Waals surface area contributed by atoms with E-state index < -0.39 is 36.0 Å². The molecule has 1 aromatic carbocycles. The SMILES string of the molecule is CCCCC(C=O)NC(=O)C(CC(C)C)NC(=O)C(CC(C)C)NC(=O)OCc1ccccc1. The first-order valence-electron chi connectivity index (χ1n) is 12.2. The van der Waals surface area contributed by atoms with Crippen LogP contribution in [0.2, 0.25) is 0 Å². The molecule has 190 valence electrons. The van der Waals surface area contributed by atoms with Gasteiger partial charge in [0.2, 0.25) is 11.8 Å². The first-order chi connectivity index (χ1) is 16.2. The van der Waals surface area contributed by atoms with Crippen molar-refractivity contribution < 1.29 is 23.9 Å². The Hall–Kier alpha value is -2.90. The molecule has 1 rings (SSSR count). The van der Waals surface area contributed by atoms with Crippen LogP contribution in [0.4, 0.5) is 4.79 Å². The molecule has 3 unspecified atom stereocenters. The fraction of sp³-hybridized carbons (Fsp3) is 0.615. The van der Waals surface area contributed by atoms with Gasteiger partial charge >= 0.3 is 6.09 Å². The van der Waals surface area contributed by atoms with Crippen LogP contribution in [0.15, 0.2) is 30.3 Å². The van der Waals surface area contributed by atoms with Gasteiger partial charge in [-0.15, -0.1) is 0 Å². The highest BCUT2D eigenvalue weighted by Gasteiger charge is 2.29. The minimum atomic E-state index is -0.854. The Bertz CT molecular complexity index is 767. The van der Waals surface area contributed by atoms with Gasteiger partial charge in [-0.1, -0.05) is 77.8 Å². The summed E-state index contributed by atoms with van der Waals surface area (Å²) in [5, 5.41) is 8.15. The first kappa shape index (κ1) is 29.1. The molecule has 0 aliphatic carbocycles. The molecule has 3 amide bonds. The topological polar surface area (TPSA) is 114 Å². The lowest BCUT2D eigenvalue weighted by atomic mass is 10.00. The molecule has 3 N–H and O–H groups in total. The molecule has 0 aliphatic rings. The summed E-state index contributed by atoms with van der Waals surface area (Å²) in [6.07, 6.45) is 3.10. The monoisotopic (exact) mass is 475 g/mol. The number of benzene rings is 1. The van der Waals surface area contributed by atoms with Crippen molar-refractivity contribution in [3.8, 4) is 0 Å². The lowest BCUT2D eigenvalue weighted by Gasteiger charge is -2.26. The van der Waals surface area contributed by atoms with Gasteiger partial charge in [0.15, 0.2) is 0 Å². The van der Waals surface area contributed by atoms with Crippen molar-refractivity contribution >= 4 is 24.2 Å². The highest BCUT2D eigenvalue weighted by atomic mass is 16.5. The van der Waals surface area contributed by atoms with Crippen molar-refractivity contribution in [3.05, 3.63) is 35.9 Å². The van der Waals surface area contributed by atoms with Gasteiger partial charge in [0.05, 0.1) is 6.04 Å². The third-order valence-corrected chi connectivity index (χ3v) is 5.23. The number of alkyl carbamates (subject to hydrolysis) is 1. The summed E-state index contributed by atoms with van der Waals surface area (Å²) in [4.78, 5) is 49.7. The summed E-state index contributed by atoms with van der Waals surface area (Å²) in [5.74, 6) is -0.600. The zero-order valence-electron chi connectivity index (χ0n) is 21.1. The van der Waals surface area contributed by atoms with Gasteiger partial charge in [0.25, 0.3) is 0 Å². The second-order valence-corrected chi connectivity index (χ2v) is 9.47. The van der Waals surface area contributed by atoms with Crippen LogP contribution in [0.25, 0.3) is 0 Å². The largest absolute Gasteiger partial charge is 0.445 e.